The number of imide groups is 1. The van der Waals surface area contributed by atoms with Crippen LogP contribution in [0.2, 0.25) is 0 Å². The largest absolute Gasteiger partial charge is 0.495 e. The van der Waals surface area contributed by atoms with E-state index in [9.17, 15) is 9.59 Å². The minimum Gasteiger partial charge on any atom is -0.495 e. The average Bonchev–Trinajstić information content (AvgIpc) is 3.04. The number of nitrogens with one attached hydrogen (secondary N) is 1. The van der Waals surface area contributed by atoms with Crippen molar-refractivity contribution in [1.82, 2.24) is 0 Å². The summed E-state index contributed by atoms with van der Waals surface area (Å²) in [5.74, 6) is 0.462. The molecule has 6 nitrogen and oxygen atoms in total. The molecule has 2 amide bonds. The highest BCUT2D eigenvalue weighted by Crippen LogP contribution is 2.36. The van der Waals surface area contributed by atoms with Gasteiger partial charge >= 0.3 is 0 Å². The summed E-state index contributed by atoms with van der Waals surface area (Å²) in [6.45, 7) is 4.40. The van der Waals surface area contributed by atoms with Gasteiger partial charge in [-0.05, 0) is 61.4 Å². The molecular formula is C26H24N2O4. The monoisotopic (exact) mass is 428 g/mol. The van der Waals surface area contributed by atoms with Crippen molar-refractivity contribution in [3.63, 3.8) is 0 Å². The van der Waals surface area contributed by atoms with Gasteiger partial charge in [0.15, 0.2) is 0 Å². The molecule has 1 aliphatic heterocycles. The molecule has 0 aromatic heterocycles. The number of methoxy groups -OCH3 is 1. The van der Waals surface area contributed by atoms with E-state index in [0.717, 1.165) is 5.56 Å². The Bertz CT molecular complexity index is 1180. The molecule has 0 aliphatic carbocycles. The van der Waals surface area contributed by atoms with Crippen LogP contribution >= 0.6 is 0 Å². The zero-order valence-electron chi connectivity index (χ0n) is 18.2. The Morgan fingerprint density at radius 2 is 1.62 bits per heavy atom. The molecule has 0 unspecified atom stereocenters. The summed E-state index contributed by atoms with van der Waals surface area (Å²) in [5, 5.41) is 3.18. The van der Waals surface area contributed by atoms with Crippen molar-refractivity contribution in [2.75, 3.05) is 23.9 Å². The van der Waals surface area contributed by atoms with E-state index < -0.39 is 5.91 Å². The first-order chi connectivity index (χ1) is 15.5. The molecule has 0 atom stereocenters. The van der Waals surface area contributed by atoms with Gasteiger partial charge in [-0.25, -0.2) is 4.90 Å². The number of amides is 2. The van der Waals surface area contributed by atoms with Gasteiger partial charge in [0.25, 0.3) is 11.8 Å². The van der Waals surface area contributed by atoms with Crippen molar-refractivity contribution in [2.45, 2.75) is 13.8 Å². The van der Waals surface area contributed by atoms with Crippen LogP contribution in [0, 0.1) is 6.92 Å². The van der Waals surface area contributed by atoms with E-state index in [4.69, 9.17) is 9.47 Å². The summed E-state index contributed by atoms with van der Waals surface area (Å²) in [6.07, 6.45) is 0. The van der Waals surface area contributed by atoms with Crippen LogP contribution in [0.5, 0.6) is 11.5 Å². The average molecular weight is 428 g/mol. The molecule has 32 heavy (non-hydrogen) atoms. The molecule has 0 saturated carbocycles. The number of anilines is 2. The topological polar surface area (TPSA) is 67.9 Å². The first-order valence-electron chi connectivity index (χ1n) is 10.4. The van der Waals surface area contributed by atoms with E-state index in [1.807, 2.05) is 38.1 Å². The van der Waals surface area contributed by atoms with Crippen molar-refractivity contribution >= 4 is 28.8 Å². The summed E-state index contributed by atoms with van der Waals surface area (Å²) < 4.78 is 11.0. The van der Waals surface area contributed by atoms with Gasteiger partial charge in [0.1, 0.15) is 17.2 Å². The fourth-order valence-corrected chi connectivity index (χ4v) is 3.66. The van der Waals surface area contributed by atoms with Gasteiger partial charge in [-0.2, -0.15) is 0 Å². The molecule has 4 rings (SSSR count). The second kappa shape index (κ2) is 8.98. The van der Waals surface area contributed by atoms with Gasteiger partial charge in [0.05, 0.1) is 30.7 Å². The van der Waals surface area contributed by atoms with Gasteiger partial charge in [0, 0.05) is 0 Å². The summed E-state index contributed by atoms with van der Waals surface area (Å²) in [5.41, 5.74) is 3.24. The van der Waals surface area contributed by atoms with E-state index >= 15 is 0 Å². The Labute approximate surface area is 187 Å². The Balaban J connectivity index is 1.82. The fraction of sp³-hybridized carbons (Fsp3) is 0.154. The number of aryl methyl sites for hydroxylation is 1. The third-order valence-electron chi connectivity index (χ3n) is 5.17. The first kappa shape index (κ1) is 21.2. The zero-order chi connectivity index (χ0) is 22.7. The van der Waals surface area contributed by atoms with Gasteiger partial charge in [-0.3, -0.25) is 9.59 Å². The molecule has 3 aromatic rings. The number of para-hydroxylation sites is 1. The number of benzene rings is 3. The van der Waals surface area contributed by atoms with E-state index in [-0.39, 0.29) is 11.6 Å². The maximum atomic E-state index is 13.5. The molecule has 162 valence electrons. The van der Waals surface area contributed by atoms with Crippen molar-refractivity contribution in [1.29, 1.82) is 0 Å². The highest BCUT2D eigenvalue weighted by Gasteiger charge is 2.40. The number of rotatable bonds is 7. The molecule has 1 heterocycles. The molecule has 1 aliphatic rings. The Morgan fingerprint density at radius 3 is 2.28 bits per heavy atom. The second-order valence-corrected chi connectivity index (χ2v) is 7.32. The van der Waals surface area contributed by atoms with Gasteiger partial charge in [-0.1, -0.05) is 36.4 Å². The Morgan fingerprint density at radius 1 is 0.906 bits per heavy atom. The lowest BCUT2D eigenvalue weighted by Gasteiger charge is -2.16. The molecule has 0 spiro atoms. The van der Waals surface area contributed by atoms with Crippen LogP contribution in [0.25, 0.3) is 5.57 Å². The second-order valence-electron chi connectivity index (χ2n) is 7.32. The number of carbonyl (C=O) groups excluding carboxylic acids is 2. The van der Waals surface area contributed by atoms with Crippen molar-refractivity contribution in [3.8, 4) is 11.5 Å². The summed E-state index contributed by atoms with van der Waals surface area (Å²) in [7, 11) is 1.56. The number of ether oxygens (including phenoxy) is 2. The van der Waals surface area contributed by atoms with E-state index in [1.165, 1.54) is 4.90 Å². The predicted molar refractivity (Wildman–Crippen MR) is 125 cm³/mol. The van der Waals surface area contributed by atoms with Gasteiger partial charge in [0.2, 0.25) is 0 Å². The number of nitrogens with zero attached hydrogens (tertiary/aromatic N) is 1. The minimum absolute atomic E-state index is 0.201. The maximum absolute atomic E-state index is 13.5. The molecule has 0 saturated heterocycles. The first-order valence-corrected chi connectivity index (χ1v) is 10.4. The lowest BCUT2D eigenvalue weighted by molar-refractivity contribution is -0.120. The fourth-order valence-electron chi connectivity index (χ4n) is 3.66. The number of carbonyl (C=O) groups is 2. The van der Waals surface area contributed by atoms with E-state index in [0.29, 0.717) is 40.6 Å². The summed E-state index contributed by atoms with van der Waals surface area (Å²) in [6, 6.07) is 21.7. The van der Waals surface area contributed by atoms with Crippen molar-refractivity contribution in [3.05, 3.63) is 89.6 Å². The highest BCUT2D eigenvalue weighted by molar-refractivity contribution is 6.46. The highest BCUT2D eigenvalue weighted by atomic mass is 16.5. The smallest absolute Gasteiger partial charge is 0.282 e. The molecule has 6 heteroatoms. The maximum Gasteiger partial charge on any atom is 0.282 e. The molecule has 1 N–H and O–H groups in total. The standard InChI is InChI=1S/C26H24N2O4/c1-4-32-20-13-11-18(12-14-20)23-24(27-21-16-17(2)10-15-22(21)31-3)26(30)28(25(23)29)19-8-6-5-7-9-19/h5-16,27H,4H2,1-3H3. The van der Waals surface area contributed by atoms with Crippen LogP contribution in [0.4, 0.5) is 11.4 Å². The third kappa shape index (κ3) is 3.95. The van der Waals surface area contributed by atoms with Crippen LogP contribution in [-0.2, 0) is 9.59 Å². The van der Waals surface area contributed by atoms with E-state index in [1.54, 1.807) is 55.6 Å². The van der Waals surface area contributed by atoms with Crippen LogP contribution in [0.3, 0.4) is 0 Å². The normalized spacial score (nSPS) is 13.5. The minimum atomic E-state index is -0.423. The SMILES string of the molecule is CCOc1ccc(C2=C(Nc3cc(C)ccc3OC)C(=O)N(c3ccccc3)C2=O)cc1. The predicted octanol–water partition coefficient (Wildman–Crippen LogP) is 4.80. The Kier molecular flexibility index (Phi) is 5.94. The lowest BCUT2D eigenvalue weighted by Crippen LogP contribution is -2.32. The van der Waals surface area contributed by atoms with E-state index in [2.05, 4.69) is 5.32 Å². The Hall–Kier alpha value is -4.06. The summed E-state index contributed by atoms with van der Waals surface area (Å²) >= 11 is 0. The van der Waals surface area contributed by atoms with Crippen molar-refractivity contribution in [2.24, 2.45) is 0 Å². The van der Waals surface area contributed by atoms with Crippen LogP contribution < -0.4 is 19.7 Å². The third-order valence-corrected chi connectivity index (χ3v) is 5.17. The van der Waals surface area contributed by atoms with Gasteiger partial charge < -0.3 is 14.8 Å². The van der Waals surface area contributed by atoms with Crippen LogP contribution in [-0.4, -0.2) is 25.5 Å². The molecular weight excluding hydrogens is 404 g/mol. The number of hydrogen-bond donors (Lipinski definition) is 1. The summed E-state index contributed by atoms with van der Waals surface area (Å²) in [4.78, 5) is 28.2. The molecule has 0 fully saturated rings. The molecule has 0 bridgehead atoms. The molecule has 3 aromatic carbocycles. The van der Waals surface area contributed by atoms with Crippen molar-refractivity contribution < 1.29 is 19.1 Å². The van der Waals surface area contributed by atoms with Crippen LogP contribution in [0.15, 0.2) is 78.5 Å². The quantitative estimate of drug-likeness (QED) is 0.548. The van der Waals surface area contributed by atoms with Gasteiger partial charge in [-0.15, -0.1) is 0 Å². The number of hydrogen-bond acceptors (Lipinski definition) is 5. The lowest BCUT2D eigenvalue weighted by atomic mass is 10.0. The zero-order valence-corrected chi connectivity index (χ0v) is 18.2. The molecule has 0 radical (unpaired) electrons. The van der Waals surface area contributed by atoms with Crippen LogP contribution in [0.1, 0.15) is 18.1 Å².